The van der Waals surface area contributed by atoms with Gasteiger partial charge in [0, 0.05) is 16.0 Å². The van der Waals surface area contributed by atoms with Crippen molar-refractivity contribution in [1.82, 2.24) is 9.97 Å². The topological polar surface area (TPSA) is 28.7 Å². The molecule has 1 heterocycles. The molecule has 0 unspecified atom stereocenters. The van der Waals surface area contributed by atoms with Gasteiger partial charge >= 0.3 is 0 Å². The summed E-state index contributed by atoms with van der Waals surface area (Å²) in [6.07, 6.45) is 3.40. The van der Waals surface area contributed by atoms with Crippen molar-refractivity contribution in [1.29, 1.82) is 0 Å². The molecule has 0 radical (unpaired) electrons. The summed E-state index contributed by atoms with van der Waals surface area (Å²) in [6, 6.07) is 8.02. The van der Waals surface area contributed by atoms with Gasteiger partial charge in [-0.25, -0.2) is 4.98 Å². The van der Waals surface area contributed by atoms with Crippen LogP contribution in [-0.2, 0) is 0 Å². The van der Waals surface area contributed by atoms with Crippen molar-refractivity contribution in [2.75, 3.05) is 0 Å². The van der Waals surface area contributed by atoms with Crippen LogP contribution in [0.25, 0.3) is 11.3 Å². The molecule has 1 N–H and O–H groups in total. The zero-order chi connectivity index (χ0) is 13.4. The summed E-state index contributed by atoms with van der Waals surface area (Å²) in [5, 5.41) is 0.608. The fraction of sp³-hybridized carbons (Fsp3) is 0.267. The molecule has 2 nitrogen and oxygen atoms in total. The van der Waals surface area contributed by atoms with Gasteiger partial charge in [0.1, 0.15) is 16.7 Å². The fourth-order valence-corrected chi connectivity index (χ4v) is 3.09. The van der Waals surface area contributed by atoms with Crippen LogP contribution < -0.4 is 0 Å². The zero-order valence-electron chi connectivity index (χ0n) is 10.4. The first-order valence-electron chi connectivity index (χ1n) is 6.34. The first kappa shape index (κ1) is 12.9. The molecule has 1 aromatic heterocycles. The first-order chi connectivity index (χ1) is 9.15. The summed E-state index contributed by atoms with van der Waals surface area (Å²) in [5.74, 6) is 1.28. The van der Waals surface area contributed by atoms with Crippen LogP contribution in [0.1, 0.15) is 31.0 Å². The minimum Gasteiger partial charge on any atom is -0.332 e. The van der Waals surface area contributed by atoms with Crippen LogP contribution in [0, 0.1) is 0 Å². The van der Waals surface area contributed by atoms with E-state index < -0.39 is 0 Å². The van der Waals surface area contributed by atoms with Gasteiger partial charge in [0.05, 0.1) is 0 Å². The first-order valence-corrected chi connectivity index (χ1v) is 7.51. The van der Waals surface area contributed by atoms with Crippen molar-refractivity contribution in [2.24, 2.45) is 0 Å². The lowest BCUT2D eigenvalue weighted by Crippen LogP contribution is -1.97. The Morgan fingerprint density at radius 3 is 2.68 bits per heavy atom. The number of H-pyrrole nitrogens is 1. The second-order valence-corrected chi connectivity index (χ2v) is 6.19. The maximum atomic E-state index is 6.29. The average Bonchev–Trinajstić information content (AvgIpc) is 2.96. The summed E-state index contributed by atoms with van der Waals surface area (Å²) in [4.78, 5) is 7.89. The number of hydrogen-bond donors (Lipinski definition) is 1. The number of allylic oxidation sites excluding steroid dienone is 1. The van der Waals surface area contributed by atoms with Gasteiger partial charge < -0.3 is 4.98 Å². The van der Waals surface area contributed by atoms with Crippen LogP contribution in [0.15, 0.2) is 40.9 Å². The molecule has 98 valence electrons. The van der Waals surface area contributed by atoms with Gasteiger partial charge in [-0.2, -0.15) is 0 Å². The third kappa shape index (κ3) is 2.49. The summed E-state index contributed by atoms with van der Waals surface area (Å²) in [5.41, 5.74) is 3.11. The molecule has 1 atom stereocenters. The summed E-state index contributed by atoms with van der Waals surface area (Å²) >= 11 is 9.72. The highest BCUT2D eigenvalue weighted by molar-refractivity contribution is 9.10. The molecule has 0 amide bonds. The van der Waals surface area contributed by atoms with E-state index >= 15 is 0 Å². The van der Waals surface area contributed by atoms with Crippen LogP contribution in [0.4, 0.5) is 0 Å². The molecule has 0 bridgehead atoms. The second-order valence-electron chi connectivity index (χ2n) is 4.89. The molecule has 2 aromatic rings. The number of nitrogens with zero attached hydrogens (tertiary/aromatic N) is 1. The average molecular weight is 338 g/mol. The van der Waals surface area contributed by atoms with Crippen molar-refractivity contribution in [3.05, 3.63) is 51.9 Å². The summed E-state index contributed by atoms with van der Waals surface area (Å²) < 4.78 is 1.05. The third-order valence-corrected chi connectivity index (χ3v) is 4.41. The van der Waals surface area contributed by atoms with E-state index in [1.165, 1.54) is 12.0 Å². The van der Waals surface area contributed by atoms with Gasteiger partial charge in [-0.15, -0.1) is 0 Å². The molecule has 1 aliphatic carbocycles. The standard InChI is InChI=1S/C15H14BrClN2/c1-9-3-2-4-12(9)15-18-13(14(17)19-15)10-5-7-11(16)8-6-10/h5-8,12H,1-4H2,(H,18,19)/t12-/m0/s1. The molecule has 1 aliphatic rings. The fourth-order valence-electron chi connectivity index (χ4n) is 2.57. The molecule has 1 fully saturated rings. The van der Waals surface area contributed by atoms with E-state index in [-0.39, 0.29) is 0 Å². The Kier molecular flexibility index (Phi) is 3.50. The lowest BCUT2D eigenvalue weighted by molar-refractivity contribution is 0.749. The number of aromatic amines is 1. The van der Waals surface area contributed by atoms with Gasteiger partial charge in [0.25, 0.3) is 0 Å². The maximum Gasteiger partial charge on any atom is 0.134 e. The molecular formula is C15H14BrClN2. The van der Waals surface area contributed by atoms with E-state index in [1.807, 2.05) is 24.3 Å². The Morgan fingerprint density at radius 2 is 2.05 bits per heavy atom. The highest BCUT2D eigenvalue weighted by atomic mass is 79.9. The Morgan fingerprint density at radius 1 is 1.32 bits per heavy atom. The SMILES string of the molecule is C=C1CCC[C@@H]1c1nc(-c2ccc(Br)cc2)c(Cl)[nH]1. The largest absolute Gasteiger partial charge is 0.332 e. The predicted octanol–water partition coefficient (Wildman–Crippen LogP) is 5.32. The van der Waals surface area contributed by atoms with Gasteiger partial charge in [-0.3, -0.25) is 0 Å². The molecule has 3 rings (SSSR count). The van der Waals surface area contributed by atoms with E-state index in [9.17, 15) is 0 Å². The Bertz CT molecular complexity index is 616. The minimum absolute atomic E-state index is 0.335. The Balaban J connectivity index is 1.97. The number of imidazole rings is 1. The zero-order valence-corrected chi connectivity index (χ0v) is 12.8. The number of nitrogens with one attached hydrogen (secondary N) is 1. The van der Waals surface area contributed by atoms with E-state index in [0.717, 1.165) is 34.4 Å². The van der Waals surface area contributed by atoms with E-state index in [1.54, 1.807) is 0 Å². The van der Waals surface area contributed by atoms with Crippen molar-refractivity contribution in [3.63, 3.8) is 0 Å². The van der Waals surface area contributed by atoms with Crippen LogP contribution in [0.3, 0.4) is 0 Å². The molecule has 1 saturated carbocycles. The van der Waals surface area contributed by atoms with E-state index in [2.05, 4.69) is 32.5 Å². The number of benzene rings is 1. The van der Waals surface area contributed by atoms with Crippen molar-refractivity contribution in [3.8, 4) is 11.3 Å². The monoisotopic (exact) mass is 336 g/mol. The summed E-state index contributed by atoms with van der Waals surface area (Å²) in [6.45, 7) is 4.13. The van der Waals surface area contributed by atoms with Gasteiger partial charge in [-0.1, -0.05) is 51.8 Å². The normalized spacial score (nSPS) is 19.1. The van der Waals surface area contributed by atoms with E-state index in [0.29, 0.717) is 11.1 Å². The molecule has 1 aromatic carbocycles. The molecule has 0 spiro atoms. The van der Waals surface area contributed by atoms with Crippen LogP contribution in [0.5, 0.6) is 0 Å². The predicted molar refractivity (Wildman–Crippen MR) is 82.5 cm³/mol. The lowest BCUT2D eigenvalue weighted by Gasteiger charge is -2.06. The smallest absolute Gasteiger partial charge is 0.134 e. The van der Waals surface area contributed by atoms with Crippen molar-refractivity contribution < 1.29 is 0 Å². The minimum atomic E-state index is 0.335. The number of rotatable bonds is 2. The van der Waals surface area contributed by atoms with Crippen LogP contribution >= 0.6 is 27.5 Å². The molecule has 0 saturated heterocycles. The Hall–Kier alpha value is -1.06. The van der Waals surface area contributed by atoms with E-state index in [4.69, 9.17) is 11.6 Å². The third-order valence-electron chi connectivity index (χ3n) is 3.61. The maximum absolute atomic E-state index is 6.29. The van der Waals surface area contributed by atoms with Gasteiger partial charge in [0.15, 0.2) is 0 Å². The highest BCUT2D eigenvalue weighted by Crippen LogP contribution is 2.38. The van der Waals surface area contributed by atoms with Crippen molar-refractivity contribution in [2.45, 2.75) is 25.2 Å². The van der Waals surface area contributed by atoms with Gasteiger partial charge in [-0.05, 0) is 31.4 Å². The molecule has 4 heteroatoms. The van der Waals surface area contributed by atoms with Crippen LogP contribution in [0.2, 0.25) is 5.15 Å². The molecule has 19 heavy (non-hydrogen) atoms. The Labute approximate surface area is 126 Å². The van der Waals surface area contributed by atoms with Gasteiger partial charge in [0.2, 0.25) is 0 Å². The molecule has 0 aliphatic heterocycles. The van der Waals surface area contributed by atoms with Crippen LogP contribution in [-0.4, -0.2) is 9.97 Å². The number of aromatic nitrogens is 2. The quantitative estimate of drug-likeness (QED) is 0.738. The molecular weight excluding hydrogens is 324 g/mol. The van der Waals surface area contributed by atoms with Crippen molar-refractivity contribution >= 4 is 27.5 Å². The summed E-state index contributed by atoms with van der Waals surface area (Å²) in [7, 11) is 0. The number of halogens is 2. The highest BCUT2D eigenvalue weighted by Gasteiger charge is 2.25. The lowest BCUT2D eigenvalue weighted by atomic mass is 10.0. The number of hydrogen-bond acceptors (Lipinski definition) is 1. The second kappa shape index (κ2) is 5.14.